The zero-order valence-corrected chi connectivity index (χ0v) is 19.3. The number of hydrogen-bond donors (Lipinski definition) is 3. The van der Waals surface area contributed by atoms with E-state index in [1.54, 1.807) is 16.6 Å². The zero-order valence-electron chi connectivity index (χ0n) is 19.3. The van der Waals surface area contributed by atoms with Gasteiger partial charge in [0.15, 0.2) is 0 Å². The summed E-state index contributed by atoms with van der Waals surface area (Å²) < 4.78 is 1.55. The lowest BCUT2D eigenvalue weighted by atomic mass is 10.0. The lowest BCUT2D eigenvalue weighted by molar-refractivity contribution is 0.650. The third-order valence-corrected chi connectivity index (χ3v) is 5.95. The van der Waals surface area contributed by atoms with Crippen LogP contribution in [-0.2, 0) is 0 Å². The van der Waals surface area contributed by atoms with Gasteiger partial charge in [-0.2, -0.15) is 0 Å². The van der Waals surface area contributed by atoms with Gasteiger partial charge in [0.2, 0.25) is 0 Å². The van der Waals surface area contributed by atoms with Crippen LogP contribution in [0.25, 0.3) is 5.65 Å². The van der Waals surface area contributed by atoms with Gasteiger partial charge in [0.1, 0.15) is 5.65 Å². The molecular weight excluding hydrogens is 400 g/mol. The maximum Gasteiger partial charge on any atom is 0.258 e. The van der Waals surface area contributed by atoms with Gasteiger partial charge in [0.25, 0.3) is 5.56 Å². The highest BCUT2D eigenvalue weighted by Gasteiger charge is 2.12. The maximum atomic E-state index is 12.7. The topological polar surface area (TPSA) is 85.5 Å². The molecule has 7 heteroatoms. The number of aromatic nitrogens is 2. The number of rotatable bonds is 8. The quantitative estimate of drug-likeness (QED) is 0.438. The summed E-state index contributed by atoms with van der Waals surface area (Å²) in [6, 6.07) is 5.25. The average Bonchev–Trinajstić information content (AvgIpc) is 3.09. The Morgan fingerprint density at radius 2 is 2.16 bits per heavy atom. The summed E-state index contributed by atoms with van der Waals surface area (Å²) in [4.78, 5) is 19.5. The summed E-state index contributed by atoms with van der Waals surface area (Å²) in [5.41, 5.74) is 3.78. The van der Waals surface area contributed by atoms with Crippen molar-refractivity contribution in [2.45, 2.75) is 33.6 Å². The molecule has 0 bridgehead atoms. The molecule has 1 atom stereocenters. The van der Waals surface area contributed by atoms with E-state index >= 15 is 0 Å². The fourth-order valence-electron chi connectivity index (χ4n) is 3.51. The molecule has 1 fully saturated rings. The van der Waals surface area contributed by atoms with Crippen molar-refractivity contribution in [2.24, 2.45) is 5.92 Å². The Bertz CT molecular complexity index is 1090. The van der Waals surface area contributed by atoms with Crippen LogP contribution in [-0.4, -0.2) is 41.3 Å². The first-order valence-corrected chi connectivity index (χ1v) is 11.3. The minimum atomic E-state index is -0.193. The van der Waals surface area contributed by atoms with Crippen LogP contribution in [0.2, 0.25) is 0 Å². The van der Waals surface area contributed by atoms with E-state index in [-0.39, 0.29) is 11.3 Å². The lowest BCUT2D eigenvalue weighted by Crippen LogP contribution is -2.28. The Balaban J connectivity index is 1.73. The summed E-state index contributed by atoms with van der Waals surface area (Å²) in [5.74, 6) is 0.504. The first-order valence-electron chi connectivity index (χ1n) is 11.3. The highest BCUT2D eigenvalue weighted by atomic mass is 16.1. The van der Waals surface area contributed by atoms with Crippen LogP contribution in [0.5, 0.6) is 0 Å². The number of allylic oxidation sites excluding steroid dienone is 3. The molecule has 1 aliphatic heterocycles. The molecule has 3 N–H and O–H groups in total. The molecule has 0 aromatic carbocycles. The maximum absolute atomic E-state index is 12.7. The van der Waals surface area contributed by atoms with Gasteiger partial charge in [-0.3, -0.25) is 14.6 Å². The minimum Gasteiger partial charge on any atom is -0.369 e. The monoisotopic (exact) mass is 434 g/mol. The van der Waals surface area contributed by atoms with Gasteiger partial charge in [-0.15, -0.1) is 0 Å². The molecule has 1 saturated heterocycles. The van der Waals surface area contributed by atoms with Crippen molar-refractivity contribution in [1.29, 1.82) is 5.41 Å². The van der Waals surface area contributed by atoms with Crippen molar-refractivity contribution in [3.8, 4) is 0 Å². The normalized spacial score (nSPS) is 16.2. The van der Waals surface area contributed by atoms with Crippen molar-refractivity contribution >= 4 is 17.0 Å². The molecule has 3 heterocycles. The van der Waals surface area contributed by atoms with Crippen LogP contribution in [0.3, 0.4) is 0 Å². The Hall–Kier alpha value is -3.19. The standard InChI is InChI=1S/C25H34N6O/c1-5-18(2)19(3)16-28-20(4)7-9-22(26)23-15-25(32)31-17-21(8-10-24(31)29-23)30-13-6-11-27-12-14-30/h7-10,15-18,26-28H,4-6,11-14H2,1-3H3/b9-7-,19-16-,26-22?. The van der Waals surface area contributed by atoms with Gasteiger partial charge in [0.05, 0.1) is 17.1 Å². The Morgan fingerprint density at radius 1 is 1.34 bits per heavy atom. The third kappa shape index (κ3) is 5.95. The molecule has 0 spiro atoms. The van der Waals surface area contributed by atoms with E-state index in [9.17, 15) is 4.79 Å². The Morgan fingerprint density at radius 3 is 2.94 bits per heavy atom. The van der Waals surface area contributed by atoms with Crippen LogP contribution in [0.15, 0.2) is 65.4 Å². The molecule has 2 aromatic rings. The van der Waals surface area contributed by atoms with E-state index in [1.165, 1.54) is 11.6 Å². The summed E-state index contributed by atoms with van der Waals surface area (Å²) in [7, 11) is 0. The summed E-state index contributed by atoms with van der Waals surface area (Å²) in [6.07, 6.45) is 9.28. The van der Waals surface area contributed by atoms with E-state index in [2.05, 4.69) is 47.9 Å². The molecule has 1 aliphatic rings. The molecule has 1 unspecified atom stereocenters. The zero-order chi connectivity index (χ0) is 23.1. The number of anilines is 1. The van der Waals surface area contributed by atoms with Gasteiger partial charge < -0.3 is 15.5 Å². The highest BCUT2D eigenvalue weighted by Crippen LogP contribution is 2.16. The van der Waals surface area contributed by atoms with Crippen molar-refractivity contribution < 1.29 is 0 Å². The van der Waals surface area contributed by atoms with E-state index < -0.39 is 0 Å². The van der Waals surface area contributed by atoms with Crippen LogP contribution in [0.1, 0.15) is 39.3 Å². The summed E-state index contributed by atoms with van der Waals surface area (Å²) >= 11 is 0. The predicted octanol–water partition coefficient (Wildman–Crippen LogP) is 3.47. The number of pyridine rings is 1. The van der Waals surface area contributed by atoms with Gasteiger partial charge in [-0.1, -0.05) is 26.0 Å². The number of nitrogens with one attached hydrogen (secondary N) is 3. The fourth-order valence-corrected chi connectivity index (χ4v) is 3.51. The van der Waals surface area contributed by atoms with Crippen molar-refractivity contribution in [2.75, 3.05) is 31.1 Å². The fraction of sp³-hybridized carbons (Fsp3) is 0.400. The SMILES string of the molecule is C=C(/C=C\C(=N)c1cc(=O)n2cc(N3CCCNCC3)ccc2n1)N/C=C(/C)C(C)CC. The summed E-state index contributed by atoms with van der Waals surface area (Å²) in [5, 5.41) is 14.9. The van der Waals surface area contributed by atoms with E-state index in [0.29, 0.717) is 23.0 Å². The molecule has 170 valence electrons. The van der Waals surface area contributed by atoms with Crippen molar-refractivity contribution in [3.05, 3.63) is 76.6 Å². The third-order valence-electron chi connectivity index (χ3n) is 5.95. The molecule has 3 rings (SSSR count). The smallest absolute Gasteiger partial charge is 0.258 e. The second kappa shape index (κ2) is 10.9. The van der Waals surface area contributed by atoms with Crippen LogP contribution < -0.4 is 21.1 Å². The molecule has 7 nitrogen and oxygen atoms in total. The Labute approximate surface area is 190 Å². The number of hydrogen-bond acceptors (Lipinski definition) is 6. The van der Waals surface area contributed by atoms with Crippen LogP contribution in [0.4, 0.5) is 5.69 Å². The van der Waals surface area contributed by atoms with Gasteiger partial charge in [0, 0.05) is 43.8 Å². The predicted molar refractivity (Wildman–Crippen MR) is 133 cm³/mol. The molecule has 0 radical (unpaired) electrons. The first kappa shape index (κ1) is 23.5. The molecule has 0 saturated carbocycles. The molecular formula is C25H34N6O. The van der Waals surface area contributed by atoms with Crippen molar-refractivity contribution in [3.63, 3.8) is 0 Å². The number of nitrogens with zero attached hydrogens (tertiary/aromatic N) is 3. The van der Waals surface area contributed by atoms with Gasteiger partial charge in [-0.25, -0.2) is 4.98 Å². The van der Waals surface area contributed by atoms with Crippen LogP contribution >= 0.6 is 0 Å². The minimum absolute atomic E-state index is 0.165. The second-order valence-electron chi connectivity index (χ2n) is 8.30. The summed E-state index contributed by atoms with van der Waals surface area (Å²) in [6.45, 7) is 14.2. The molecule has 2 aromatic heterocycles. The number of fused-ring (bicyclic) bond motifs is 1. The average molecular weight is 435 g/mol. The van der Waals surface area contributed by atoms with Gasteiger partial charge in [-0.05, 0) is 56.5 Å². The lowest BCUT2D eigenvalue weighted by Gasteiger charge is -2.22. The Kier molecular flexibility index (Phi) is 8.00. The van der Waals surface area contributed by atoms with E-state index in [0.717, 1.165) is 44.7 Å². The second-order valence-corrected chi connectivity index (χ2v) is 8.30. The van der Waals surface area contributed by atoms with E-state index in [4.69, 9.17) is 5.41 Å². The highest BCUT2D eigenvalue weighted by molar-refractivity contribution is 6.05. The first-order chi connectivity index (χ1) is 15.4. The molecule has 32 heavy (non-hydrogen) atoms. The molecule has 0 aliphatic carbocycles. The van der Waals surface area contributed by atoms with E-state index in [1.807, 2.05) is 24.5 Å². The van der Waals surface area contributed by atoms with Gasteiger partial charge >= 0.3 is 0 Å². The van der Waals surface area contributed by atoms with Crippen LogP contribution in [0, 0.1) is 11.3 Å². The van der Waals surface area contributed by atoms with Crippen molar-refractivity contribution in [1.82, 2.24) is 20.0 Å². The molecule has 0 amide bonds. The largest absolute Gasteiger partial charge is 0.369 e.